The first-order chi connectivity index (χ1) is 12.8. The van der Waals surface area contributed by atoms with Crippen LogP contribution in [-0.2, 0) is 7.05 Å². The Morgan fingerprint density at radius 2 is 1.70 bits per heavy atom. The Balaban J connectivity index is 2.55. The molecule has 0 aliphatic heterocycles. The van der Waals surface area contributed by atoms with Crippen molar-refractivity contribution in [3.05, 3.63) is 57.1 Å². The van der Waals surface area contributed by atoms with Crippen molar-refractivity contribution in [3.63, 3.8) is 0 Å². The van der Waals surface area contributed by atoms with E-state index in [4.69, 9.17) is 21.1 Å². The maximum Gasteiger partial charge on any atom is 0.338 e. The molecule has 8 heteroatoms. The van der Waals surface area contributed by atoms with Crippen LogP contribution in [0.1, 0.15) is 10.4 Å². The smallest absolute Gasteiger partial charge is 0.338 e. The number of halogens is 2. The van der Waals surface area contributed by atoms with Crippen molar-refractivity contribution in [2.24, 2.45) is 7.05 Å². The molecule has 0 amide bonds. The van der Waals surface area contributed by atoms with E-state index in [1.807, 2.05) is 0 Å². The average Bonchev–Trinajstić information content (AvgIpc) is 2.63. The first-order valence-corrected chi connectivity index (χ1v) is 8.15. The van der Waals surface area contributed by atoms with Crippen LogP contribution in [0.15, 0.2) is 35.1 Å². The van der Waals surface area contributed by atoms with Gasteiger partial charge in [0.1, 0.15) is 5.82 Å². The van der Waals surface area contributed by atoms with Gasteiger partial charge >= 0.3 is 5.97 Å². The van der Waals surface area contributed by atoms with Gasteiger partial charge in [-0.1, -0.05) is 11.6 Å². The van der Waals surface area contributed by atoms with Crippen molar-refractivity contribution in [1.29, 1.82) is 0 Å². The van der Waals surface area contributed by atoms with Gasteiger partial charge in [0.15, 0.2) is 11.5 Å². The maximum absolute atomic E-state index is 13.4. The number of nitrogens with zero attached hydrogens (tertiary/aromatic N) is 1. The number of methoxy groups -OCH3 is 2. The van der Waals surface area contributed by atoms with E-state index < -0.39 is 17.3 Å². The van der Waals surface area contributed by atoms with Crippen LogP contribution >= 0.6 is 11.6 Å². The lowest BCUT2D eigenvalue weighted by Crippen LogP contribution is -2.22. The Morgan fingerprint density at radius 1 is 1.11 bits per heavy atom. The molecule has 0 fully saturated rings. The van der Waals surface area contributed by atoms with E-state index in [-0.39, 0.29) is 38.4 Å². The number of aromatic nitrogens is 1. The van der Waals surface area contributed by atoms with E-state index in [2.05, 4.69) is 0 Å². The zero-order valence-electron chi connectivity index (χ0n) is 14.7. The second kappa shape index (κ2) is 6.92. The summed E-state index contributed by atoms with van der Waals surface area (Å²) >= 11 is 6.13. The molecule has 2 aromatic carbocycles. The van der Waals surface area contributed by atoms with Crippen molar-refractivity contribution in [2.75, 3.05) is 14.2 Å². The number of hydrogen-bond donors (Lipinski definition) is 1. The Bertz CT molecular complexity index is 1140. The molecule has 0 bridgehead atoms. The molecule has 0 spiro atoms. The number of hydrogen-bond acceptors (Lipinski definition) is 4. The van der Waals surface area contributed by atoms with Crippen LogP contribution in [0.5, 0.6) is 11.5 Å². The predicted octanol–water partition coefficient (Wildman–Crippen LogP) is 3.71. The van der Waals surface area contributed by atoms with Crippen LogP contribution in [0.2, 0.25) is 5.02 Å². The fraction of sp³-hybridized carbons (Fsp3) is 0.158. The van der Waals surface area contributed by atoms with Crippen LogP contribution in [0.3, 0.4) is 0 Å². The third-order valence-corrected chi connectivity index (χ3v) is 4.61. The highest BCUT2D eigenvalue weighted by Crippen LogP contribution is 2.37. The SMILES string of the molecule is COc1cc2c(C(=O)O)c(-c3ccc(F)cc3Cl)n(C)c(=O)c2cc1OC. The summed E-state index contributed by atoms with van der Waals surface area (Å²) < 4.78 is 25.1. The number of rotatable bonds is 4. The largest absolute Gasteiger partial charge is 0.493 e. The molecule has 1 N–H and O–H groups in total. The Labute approximate surface area is 158 Å². The Hall–Kier alpha value is -3.06. The molecule has 0 saturated carbocycles. The van der Waals surface area contributed by atoms with E-state index >= 15 is 0 Å². The molecule has 3 rings (SSSR count). The van der Waals surface area contributed by atoms with Crippen molar-refractivity contribution in [3.8, 4) is 22.8 Å². The normalized spacial score (nSPS) is 10.9. The second-order valence-corrected chi connectivity index (χ2v) is 6.18. The van der Waals surface area contributed by atoms with Gasteiger partial charge in [-0.3, -0.25) is 4.79 Å². The molecule has 140 valence electrons. The predicted molar refractivity (Wildman–Crippen MR) is 99.7 cm³/mol. The van der Waals surface area contributed by atoms with Gasteiger partial charge in [-0.25, -0.2) is 9.18 Å². The zero-order valence-corrected chi connectivity index (χ0v) is 15.4. The highest BCUT2D eigenvalue weighted by atomic mass is 35.5. The van der Waals surface area contributed by atoms with Gasteiger partial charge in [-0.05, 0) is 30.3 Å². The lowest BCUT2D eigenvalue weighted by Gasteiger charge is -2.17. The molecule has 27 heavy (non-hydrogen) atoms. The molecule has 0 saturated heterocycles. The summed E-state index contributed by atoms with van der Waals surface area (Å²) in [6.45, 7) is 0. The molecule has 0 aliphatic rings. The highest BCUT2D eigenvalue weighted by Gasteiger charge is 2.24. The fourth-order valence-corrected chi connectivity index (χ4v) is 3.31. The minimum Gasteiger partial charge on any atom is -0.493 e. The van der Waals surface area contributed by atoms with Crippen LogP contribution in [0.25, 0.3) is 22.0 Å². The lowest BCUT2D eigenvalue weighted by atomic mass is 9.98. The van der Waals surface area contributed by atoms with Crippen molar-refractivity contribution in [1.82, 2.24) is 4.57 Å². The van der Waals surface area contributed by atoms with Crippen LogP contribution in [0, 0.1) is 5.82 Å². The second-order valence-electron chi connectivity index (χ2n) is 5.77. The topological polar surface area (TPSA) is 77.8 Å². The number of benzene rings is 2. The van der Waals surface area contributed by atoms with Gasteiger partial charge in [0.05, 0.1) is 35.9 Å². The third kappa shape index (κ3) is 3.00. The Morgan fingerprint density at radius 3 is 2.22 bits per heavy atom. The summed E-state index contributed by atoms with van der Waals surface area (Å²) in [6.07, 6.45) is 0. The highest BCUT2D eigenvalue weighted by molar-refractivity contribution is 6.33. The maximum atomic E-state index is 13.4. The van der Waals surface area contributed by atoms with Crippen LogP contribution in [0.4, 0.5) is 4.39 Å². The molecule has 0 atom stereocenters. The van der Waals surface area contributed by atoms with Gasteiger partial charge in [0, 0.05) is 18.0 Å². The van der Waals surface area contributed by atoms with E-state index in [1.54, 1.807) is 0 Å². The van der Waals surface area contributed by atoms with E-state index in [1.165, 1.54) is 44.0 Å². The molecule has 6 nitrogen and oxygen atoms in total. The molecule has 1 aromatic heterocycles. The van der Waals surface area contributed by atoms with E-state index in [9.17, 15) is 19.1 Å². The first kappa shape index (κ1) is 18.7. The van der Waals surface area contributed by atoms with Crippen molar-refractivity contribution < 1.29 is 23.8 Å². The number of carbonyl (C=O) groups is 1. The van der Waals surface area contributed by atoms with Gasteiger partial charge in [-0.15, -0.1) is 0 Å². The molecular weight excluding hydrogens is 377 g/mol. The van der Waals surface area contributed by atoms with Crippen molar-refractivity contribution in [2.45, 2.75) is 0 Å². The molecular formula is C19H15ClFNO5. The Kier molecular flexibility index (Phi) is 4.80. The average molecular weight is 392 g/mol. The zero-order chi connectivity index (χ0) is 19.9. The monoisotopic (exact) mass is 391 g/mol. The fourth-order valence-electron chi connectivity index (χ4n) is 3.05. The lowest BCUT2D eigenvalue weighted by molar-refractivity contribution is 0.0699. The summed E-state index contributed by atoms with van der Waals surface area (Å²) in [6, 6.07) is 6.41. The number of aromatic carboxylic acids is 1. The molecule has 3 aromatic rings. The quantitative estimate of drug-likeness (QED) is 0.733. The number of fused-ring (bicyclic) bond motifs is 1. The molecule has 0 unspecified atom stereocenters. The van der Waals surface area contributed by atoms with Crippen molar-refractivity contribution >= 4 is 28.3 Å². The van der Waals surface area contributed by atoms with E-state index in [0.29, 0.717) is 5.75 Å². The standard InChI is InChI=1S/C19H15ClFNO5/c1-22-17(10-5-4-9(21)6-13(10)20)16(19(24)25)11-7-14(26-2)15(27-3)8-12(11)18(22)23/h4-8H,1-3H3,(H,24,25). The summed E-state index contributed by atoms with van der Waals surface area (Å²) in [5.41, 5.74) is -0.308. The number of ether oxygens (including phenoxy) is 2. The summed E-state index contributed by atoms with van der Waals surface area (Å²) in [5, 5.41) is 10.2. The first-order valence-electron chi connectivity index (χ1n) is 7.77. The molecule has 0 radical (unpaired) electrons. The number of pyridine rings is 1. The van der Waals surface area contributed by atoms with Gasteiger partial charge in [0.25, 0.3) is 5.56 Å². The third-order valence-electron chi connectivity index (χ3n) is 4.30. The van der Waals surface area contributed by atoms with Crippen LogP contribution < -0.4 is 15.0 Å². The number of carboxylic acids is 1. The minimum atomic E-state index is -1.27. The minimum absolute atomic E-state index is 0.00710. The summed E-state index contributed by atoms with van der Waals surface area (Å²) in [5.74, 6) is -1.26. The van der Waals surface area contributed by atoms with Gasteiger partial charge in [-0.2, -0.15) is 0 Å². The van der Waals surface area contributed by atoms with Crippen LogP contribution in [-0.4, -0.2) is 29.9 Å². The van der Waals surface area contributed by atoms with E-state index in [0.717, 1.165) is 12.1 Å². The summed E-state index contributed by atoms with van der Waals surface area (Å²) in [7, 11) is 4.25. The number of carboxylic acid groups (broad SMARTS) is 1. The molecule has 0 aliphatic carbocycles. The van der Waals surface area contributed by atoms with Gasteiger partial charge in [0.2, 0.25) is 0 Å². The summed E-state index contributed by atoms with van der Waals surface area (Å²) in [4.78, 5) is 25.0. The molecule has 1 heterocycles. The van der Waals surface area contributed by atoms with Gasteiger partial charge < -0.3 is 19.1 Å².